The summed E-state index contributed by atoms with van der Waals surface area (Å²) >= 11 is 3.49. The van der Waals surface area contributed by atoms with Crippen LogP contribution in [0.15, 0.2) is 77.5 Å². The third kappa shape index (κ3) is 4.64. The molecule has 2 aromatic carbocycles. The zero-order chi connectivity index (χ0) is 17.6. The highest BCUT2D eigenvalue weighted by atomic mass is 79.9. The van der Waals surface area contributed by atoms with Crippen molar-refractivity contribution in [1.82, 2.24) is 4.98 Å². The maximum absolute atomic E-state index is 12.7. The van der Waals surface area contributed by atoms with E-state index in [1.54, 1.807) is 12.4 Å². The number of carbonyl (C=O) groups is 1. The molecule has 1 atom stereocenters. The summed E-state index contributed by atoms with van der Waals surface area (Å²) in [6, 6.07) is 20.4. The number of aromatic nitrogens is 1. The number of rotatable bonds is 6. The van der Waals surface area contributed by atoms with Gasteiger partial charge in [-0.3, -0.25) is 9.78 Å². The van der Waals surface area contributed by atoms with Gasteiger partial charge in [0.2, 0.25) is 0 Å². The van der Waals surface area contributed by atoms with Gasteiger partial charge >= 0.3 is 0 Å². The Bertz CT molecular complexity index is 843. The Balaban J connectivity index is 1.87. The van der Waals surface area contributed by atoms with Gasteiger partial charge < -0.3 is 0 Å². The van der Waals surface area contributed by atoms with Crippen molar-refractivity contribution >= 4 is 21.7 Å². The van der Waals surface area contributed by atoms with E-state index in [-0.39, 0.29) is 11.7 Å². The third-order valence-electron chi connectivity index (χ3n) is 4.42. The van der Waals surface area contributed by atoms with Crippen molar-refractivity contribution < 1.29 is 4.79 Å². The lowest BCUT2D eigenvalue weighted by Gasteiger charge is -2.20. The molecule has 0 amide bonds. The number of pyridine rings is 1. The predicted molar refractivity (Wildman–Crippen MR) is 105 cm³/mol. The topological polar surface area (TPSA) is 30.0 Å². The molecule has 0 saturated heterocycles. The van der Waals surface area contributed by atoms with E-state index in [1.807, 2.05) is 36.4 Å². The second-order valence-corrected chi connectivity index (χ2v) is 7.15. The van der Waals surface area contributed by atoms with Gasteiger partial charge in [-0.25, -0.2) is 0 Å². The summed E-state index contributed by atoms with van der Waals surface area (Å²) in [6.45, 7) is 2.11. The van der Waals surface area contributed by atoms with E-state index in [0.717, 1.165) is 10.0 Å². The number of nitrogens with zero attached hydrogens (tertiary/aromatic N) is 1. The predicted octanol–water partition coefficient (Wildman–Crippen LogP) is 5.49. The normalized spacial score (nSPS) is 11.9. The molecule has 0 aliphatic heterocycles. The fraction of sp³-hybridized carbons (Fsp3) is 0.182. The van der Waals surface area contributed by atoms with Gasteiger partial charge in [-0.2, -0.15) is 0 Å². The Morgan fingerprint density at radius 3 is 2.36 bits per heavy atom. The molecule has 0 saturated carbocycles. The molecule has 3 rings (SSSR count). The molecule has 0 bridgehead atoms. The van der Waals surface area contributed by atoms with Gasteiger partial charge in [-0.15, -0.1) is 0 Å². The molecule has 1 unspecified atom stereocenters. The Labute approximate surface area is 157 Å². The van der Waals surface area contributed by atoms with E-state index in [4.69, 9.17) is 0 Å². The third-order valence-corrected chi connectivity index (χ3v) is 4.95. The van der Waals surface area contributed by atoms with Crippen molar-refractivity contribution in [1.29, 1.82) is 0 Å². The summed E-state index contributed by atoms with van der Waals surface area (Å²) in [6.07, 6.45) is 4.41. The molecular weight excluding hydrogens is 374 g/mol. The second kappa shape index (κ2) is 8.21. The van der Waals surface area contributed by atoms with Crippen LogP contribution in [0.3, 0.4) is 0 Å². The zero-order valence-corrected chi connectivity index (χ0v) is 15.7. The van der Waals surface area contributed by atoms with Crippen molar-refractivity contribution in [3.8, 4) is 0 Å². The largest absolute Gasteiger partial charge is 0.299 e. The minimum atomic E-state index is 0.0728. The first-order valence-electron chi connectivity index (χ1n) is 8.35. The van der Waals surface area contributed by atoms with Crippen LogP contribution in [0.1, 0.15) is 34.6 Å². The van der Waals surface area contributed by atoms with Crippen molar-refractivity contribution in [3.05, 3.63) is 99.8 Å². The molecule has 0 radical (unpaired) electrons. The number of halogens is 1. The first-order chi connectivity index (χ1) is 12.1. The first kappa shape index (κ1) is 17.6. The van der Waals surface area contributed by atoms with Gasteiger partial charge in [0.05, 0.1) is 0 Å². The van der Waals surface area contributed by atoms with Crippen LogP contribution in [0.2, 0.25) is 0 Å². The fourth-order valence-electron chi connectivity index (χ4n) is 3.11. The number of aryl methyl sites for hydroxylation is 1. The van der Waals surface area contributed by atoms with Crippen LogP contribution in [0, 0.1) is 6.92 Å². The van der Waals surface area contributed by atoms with Crippen molar-refractivity contribution in [2.24, 2.45) is 0 Å². The molecular formula is C22H20BrNO. The minimum Gasteiger partial charge on any atom is -0.299 e. The Kier molecular flexibility index (Phi) is 5.77. The van der Waals surface area contributed by atoms with Gasteiger partial charge in [0.15, 0.2) is 0 Å². The highest BCUT2D eigenvalue weighted by Gasteiger charge is 2.20. The van der Waals surface area contributed by atoms with Crippen LogP contribution in [0.5, 0.6) is 0 Å². The molecule has 0 aliphatic rings. The second-order valence-electron chi connectivity index (χ2n) is 6.24. The van der Waals surface area contributed by atoms with Crippen molar-refractivity contribution in [2.75, 3.05) is 0 Å². The molecule has 3 aromatic rings. The number of ketones is 1. The van der Waals surface area contributed by atoms with E-state index < -0.39 is 0 Å². The maximum Gasteiger partial charge on any atom is 0.138 e. The summed E-state index contributed by atoms with van der Waals surface area (Å²) in [7, 11) is 0. The highest BCUT2D eigenvalue weighted by molar-refractivity contribution is 9.10. The number of hydrogen-bond acceptors (Lipinski definition) is 2. The average molecular weight is 394 g/mol. The fourth-order valence-corrected chi connectivity index (χ4v) is 3.37. The van der Waals surface area contributed by atoms with Gasteiger partial charge in [0.25, 0.3) is 0 Å². The summed E-state index contributed by atoms with van der Waals surface area (Å²) in [5, 5.41) is 0. The van der Waals surface area contributed by atoms with Crippen LogP contribution in [0.25, 0.3) is 0 Å². The van der Waals surface area contributed by atoms with Gasteiger partial charge in [0.1, 0.15) is 5.78 Å². The maximum atomic E-state index is 12.7. The number of benzene rings is 2. The monoisotopic (exact) mass is 393 g/mol. The molecule has 3 heteroatoms. The minimum absolute atomic E-state index is 0.0728. The van der Waals surface area contributed by atoms with E-state index in [0.29, 0.717) is 12.8 Å². The van der Waals surface area contributed by atoms with Crippen LogP contribution in [0.4, 0.5) is 0 Å². The van der Waals surface area contributed by atoms with Gasteiger partial charge in [0, 0.05) is 35.6 Å². The van der Waals surface area contributed by atoms with Crippen LogP contribution in [-0.2, 0) is 11.2 Å². The van der Waals surface area contributed by atoms with Crippen LogP contribution >= 0.6 is 15.9 Å². The summed E-state index contributed by atoms with van der Waals surface area (Å²) in [4.78, 5) is 16.7. The van der Waals surface area contributed by atoms with Crippen molar-refractivity contribution in [2.45, 2.75) is 25.7 Å². The summed E-state index contributed by atoms with van der Waals surface area (Å²) in [5.41, 5.74) is 4.61. The lowest BCUT2D eigenvalue weighted by Crippen LogP contribution is -2.12. The van der Waals surface area contributed by atoms with Gasteiger partial charge in [-0.05, 0) is 53.4 Å². The molecule has 0 fully saturated rings. The highest BCUT2D eigenvalue weighted by Crippen LogP contribution is 2.31. The summed E-state index contributed by atoms with van der Waals surface area (Å²) < 4.78 is 1.04. The molecule has 126 valence electrons. The molecule has 0 spiro atoms. The first-order valence-corrected chi connectivity index (χ1v) is 9.14. The Hall–Kier alpha value is -2.26. The molecule has 0 N–H and O–H groups in total. The van der Waals surface area contributed by atoms with E-state index in [1.165, 1.54) is 16.7 Å². The SMILES string of the molecule is Cc1ccccc1C(CC(=O)Cc1ccncc1)c1ccc(Br)cc1. The van der Waals surface area contributed by atoms with E-state index >= 15 is 0 Å². The smallest absolute Gasteiger partial charge is 0.138 e. The van der Waals surface area contributed by atoms with E-state index in [9.17, 15) is 4.79 Å². The number of hydrogen-bond donors (Lipinski definition) is 0. The molecule has 2 nitrogen and oxygen atoms in total. The molecule has 0 aliphatic carbocycles. The lowest BCUT2D eigenvalue weighted by molar-refractivity contribution is -0.118. The average Bonchev–Trinajstić information content (AvgIpc) is 2.62. The number of carbonyl (C=O) groups excluding carboxylic acids is 1. The Morgan fingerprint density at radius 2 is 1.68 bits per heavy atom. The standard InChI is InChI=1S/C22H20BrNO/c1-16-4-2-3-5-21(16)22(18-6-8-19(23)9-7-18)15-20(25)14-17-10-12-24-13-11-17/h2-13,22H,14-15H2,1H3. The Morgan fingerprint density at radius 1 is 1.00 bits per heavy atom. The lowest BCUT2D eigenvalue weighted by atomic mass is 9.84. The van der Waals surface area contributed by atoms with E-state index in [2.05, 4.69) is 52.1 Å². The van der Waals surface area contributed by atoms with Crippen LogP contribution < -0.4 is 0 Å². The number of Topliss-reactive ketones (excluding diaryl/α,β-unsaturated/α-hetero) is 1. The quantitative estimate of drug-likeness (QED) is 0.554. The molecule has 1 aromatic heterocycles. The van der Waals surface area contributed by atoms with Crippen LogP contribution in [-0.4, -0.2) is 10.8 Å². The van der Waals surface area contributed by atoms with Gasteiger partial charge in [-0.1, -0.05) is 52.3 Å². The molecule has 1 heterocycles. The molecule has 25 heavy (non-hydrogen) atoms. The zero-order valence-electron chi connectivity index (χ0n) is 14.2. The van der Waals surface area contributed by atoms with Crippen molar-refractivity contribution in [3.63, 3.8) is 0 Å². The summed E-state index contributed by atoms with van der Waals surface area (Å²) in [5.74, 6) is 0.311.